The van der Waals surface area contributed by atoms with Gasteiger partial charge in [0, 0.05) is 26.2 Å². The molecule has 1 rings (SSSR count). The number of nitrogens with one attached hydrogen (secondary N) is 1. The second kappa shape index (κ2) is 7.26. The van der Waals surface area contributed by atoms with Gasteiger partial charge in [-0.25, -0.2) is 0 Å². The quantitative estimate of drug-likeness (QED) is 0.875. The highest BCUT2D eigenvalue weighted by Gasteiger charge is 2.16. The van der Waals surface area contributed by atoms with Crippen molar-refractivity contribution < 1.29 is 14.7 Å². The number of halogens is 1. The lowest BCUT2D eigenvalue weighted by Crippen LogP contribution is -2.29. The molecule has 5 nitrogen and oxygen atoms in total. The minimum Gasteiger partial charge on any atom is -0.393 e. The Bertz CT molecular complexity index is 503. The number of carbonyl (C=O) groups is 2. The number of hydrogen-bond acceptors (Lipinski definition) is 3. The third-order valence-corrected chi connectivity index (χ3v) is 3.08. The third-order valence-electron chi connectivity index (χ3n) is 2.75. The number of anilines is 1. The van der Waals surface area contributed by atoms with Crippen LogP contribution in [0.3, 0.4) is 0 Å². The van der Waals surface area contributed by atoms with Gasteiger partial charge in [-0.05, 0) is 31.5 Å². The molecule has 20 heavy (non-hydrogen) atoms. The fraction of sp³-hybridized carbons (Fsp3) is 0.429. The molecule has 1 aromatic rings. The van der Waals surface area contributed by atoms with E-state index >= 15 is 0 Å². The van der Waals surface area contributed by atoms with Gasteiger partial charge in [-0.2, -0.15) is 0 Å². The van der Waals surface area contributed by atoms with Crippen LogP contribution in [0.4, 0.5) is 5.69 Å². The highest BCUT2D eigenvalue weighted by atomic mass is 35.5. The number of benzene rings is 1. The average Bonchev–Trinajstić information content (AvgIpc) is 2.36. The molecule has 110 valence electrons. The predicted octanol–water partition coefficient (Wildman–Crippen LogP) is 2.14. The van der Waals surface area contributed by atoms with Crippen molar-refractivity contribution in [1.82, 2.24) is 4.90 Å². The van der Waals surface area contributed by atoms with Gasteiger partial charge < -0.3 is 15.3 Å². The second-order valence-electron chi connectivity index (χ2n) is 4.74. The highest BCUT2D eigenvalue weighted by Crippen LogP contribution is 2.22. The van der Waals surface area contributed by atoms with Gasteiger partial charge in [-0.15, -0.1) is 0 Å². The van der Waals surface area contributed by atoms with Crippen molar-refractivity contribution in [2.75, 3.05) is 18.9 Å². The summed E-state index contributed by atoms with van der Waals surface area (Å²) in [6.45, 7) is 3.49. The molecule has 0 aromatic heterocycles. The second-order valence-corrected chi connectivity index (χ2v) is 5.15. The molecular formula is C14H19ClN2O3. The van der Waals surface area contributed by atoms with E-state index in [2.05, 4.69) is 5.32 Å². The maximum atomic E-state index is 12.3. The Kier molecular flexibility index (Phi) is 5.98. The van der Waals surface area contributed by atoms with Crippen LogP contribution < -0.4 is 5.32 Å². The van der Waals surface area contributed by atoms with Gasteiger partial charge in [-0.1, -0.05) is 11.6 Å². The summed E-state index contributed by atoms with van der Waals surface area (Å²) in [6, 6.07) is 4.75. The lowest BCUT2D eigenvalue weighted by molar-refractivity contribution is -0.114. The SMILES string of the molecule is CC(=O)Nc1ccc(Cl)c(C(=O)N(C)CCC(C)O)c1. The number of aliphatic hydroxyl groups excluding tert-OH is 1. The Morgan fingerprint density at radius 1 is 1.45 bits per heavy atom. The fourth-order valence-electron chi connectivity index (χ4n) is 1.66. The Labute approximate surface area is 123 Å². The molecule has 0 bridgehead atoms. The zero-order valence-corrected chi connectivity index (χ0v) is 12.6. The van der Waals surface area contributed by atoms with Crippen LogP contribution in [-0.2, 0) is 4.79 Å². The summed E-state index contributed by atoms with van der Waals surface area (Å²) in [5.74, 6) is -0.462. The largest absolute Gasteiger partial charge is 0.393 e. The summed E-state index contributed by atoms with van der Waals surface area (Å²) in [6.07, 6.45) is 0.0251. The van der Waals surface area contributed by atoms with E-state index in [-0.39, 0.29) is 11.8 Å². The van der Waals surface area contributed by atoms with Crippen LogP contribution >= 0.6 is 11.6 Å². The van der Waals surface area contributed by atoms with Crippen molar-refractivity contribution >= 4 is 29.1 Å². The van der Waals surface area contributed by atoms with E-state index in [1.807, 2.05) is 0 Å². The van der Waals surface area contributed by atoms with Crippen molar-refractivity contribution in [2.24, 2.45) is 0 Å². The van der Waals surface area contributed by atoms with Gasteiger partial charge in [0.05, 0.1) is 16.7 Å². The summed E-state index contributed by atoms with van der Waals surface area (Å²) in [5.41, 5.74) is 0.847. The van der Waals surface area contributed by atoms with Gasteiger partial charge in [0.25, 0.3) is 5.91 Å². The molecule has 1 atom stereocenters. The van der Waals surface area contributed by atoms with E-state index in [1.165, 1.54) is 11.8 Å². The summed E-state index contributed by atoms with van der Waals surface area (Å²) < 4.78 is 0. The van der Waals surface area contributed by atoms with E-state index in [0.29, 0.717) is 29.2 Å². The smallest absolute Gasteiger partial charge is 0.255 e. The van der Waals surface area contributed by atoms with Crippen molar-refractivity contribution in [3.05, 3.63) is 28.8 Å². The summed E-state index contributed by atoms with van der Waals surface area (Å²) >= 11 is 6.02. The average molecular weight is 299 g/mol. The monoisotopic (exact) mass is 298 g/mol. The first kappa shape index (κ1) is 16.5. The molecular weight excluding hydrogens is 280 g/mol. The molecule has 0 saturated heterocycles. The van der Waals surface area contributed by atoms with Crippen LogP contribution in [0.1, 0.15) is 30.6 Å². The van der Waals surface area contributed by atoms with Crippen molar-refractivity contribution in [2.45, 2.75) is 26.4 Å². The Hall–Kier alpha value is -1.59. The lowest BCUT2D eigenvalue weighted by Gasteiger charge is -2.19. The Morgan fingerprint density at radius 3 is 2.65 bits per heavy atom. The van der Waals surface area contributed by atoms with Gasteiger partial charge in [0.2, 0.25) is 5.91 Å². The maximum Gasteiger partial charge on any atom is 0.255 e. The van der Waals surface area contributed by atoms with Gasteiger partial charge in [0.15, 0.2) is 0 Å². The van der Waals surface area contributed by atoms with Gasteiger partial charge in [0.1, 0.15) is 0 Å². The number of nitrogens with zero attached hydrogens (tertiary/aromatic N) is 1. The number of amides is 2. The molecule has 0 heterocycles. The van der Waals surface area contributed by atoms with E-state index in [0.717, 1.165) is 0 Å². The standard InChI is InChI=1S/C14H19ClN2O3/c1-9(18)6-7-17(3)14(20)12-8-11(16-10(2)19)4-5-13(12)15/h4-5,8-9,18H,6-7H2,1-3H3,(H,16,19). The maximum absolute atomic E-state index is 12.3. The van der Waals surface area contributed by atoms with Crippen molar-refractivity contribution in [1.29, 1.82) is 0 Å². The molecule has 1 aromatic carbocycles. The Morgan fingerprint density at radius 2 is 2.10 bits per heavy atom. The molecule has 0 fully saturated rings. The molecule has 2 N–H and O–H groups in total. The first-order valence-electron chi connectivity index (χ1n) is 6.32. The van der Waals surface area contributed by atoms with Crippen LogP contribution in [0, 0.1) is 0 Å². The van der Waals surface area contributed by atoms with Crippen LogP contribution in [0.5, 0.6) is 0 Å². The summed E-state index contributed by atoms with van der Waals surface area (Å²) in [4.78, 5) is 24.8. The summed E-state index contributed by atoms with van der Waals surface area (Å²) in [7, 11) is 1.64. The lowest BCUT2D eigenvalue weighted by atomic mass is 10.1. The molecule has 1 unspecified atom stereocenters. The van der Waals surface area contributed by atoms with Crippen LogP contribution in [-0.4, -0.2) is 41.5 Å². The molecule has 0 spiro atoms. The summed E-state index contributed by atoms with van der Waals surface area (Å²) in [5, 5.41) is 12.2. The van der Waals surface area contributed by atoms with E-state index in [4.69, 9.17) is 11.6 Å². The van der Waals surface area contributed by atoms with Gasteiger partial charge >= 0.3 is 0 Å². The number of carbonyl (C=O) groups excluding carboxylic acids is 2. The first-order chi connectivity index (χ1) is 9.31. The molecule has 2 amide bonds. The zero-order chi connectivity index (χ0) is 15.3. The zero-order valence-electron chi connectivity index (χ0n) is 11.8. The molecule has 0 aliphatic carbocycles. The van der Waals surface area contributed by atoms with Gasteiger partial charge in [-0.3, -0.25) is 9.59 Å². The van der Waals surface area contributed by atoms with E-state index in [9.17, 15) is 14.7 Å². The molecule has 0 radical (unpaired) electrons. The third kappa shape index (κ3) is 4.83. The van der Waals surface area contributed by atoms with Crippen molar-refractivity contribution in [3.8, 4) is 0 Å². The van der Waals surface area contributed by atoms with Crippen molar-refractivity contribution in [3.63, 3.8) is 0 Å². The highest BCUT2D eigenvalue weighted by molar-refractivity contribution is 6.34. The van der Waals surface area contributed by atoms with Crippen LogP contribution in [0.25, 0.3) is 0 Å². The minimum atomic E-state index is -0.466. The Balaban J connectivity index is 2.88. The number of hydrogen-bond donors (Lipinski definition) is 2. The number of aliphatic hydroxyl groups is 1. The van der Waals surface area contributed by atoms with Crippen LogP contribution in [0.15, 0.2) is 18.2 Å². The molecule has 0 saturated carbocycles. The molecule has 0 aliphatic heterocycles. The minimum absolute atomic E-state index is 0.215. The number of rotatable bonds is 5. The topological polar surface area (TPSA) is 69.6 Å². The predicted molar refractivity (Wildman–Crippen MR) is 79.0 cm³/mol. The normalized spacial score (nSPS) is 11.8. The fourth-order valence-corrected chi connectivity index (χ4v) is 1.86. The molecule has 6 heteroatoms. The van der Waals surface area contributed by atoms with E-state index in [1.54, 1.807) is 32.2 Å². The first-order valence-corrected chi connectivity index (χ1v) is 6.69. The van der Waals surface area contributed by atoms with E-state index < -0.39 is 6.10 Å². The van der Waals surface area contributed by atoms with Crippen LogP contribution in [0.2, 0.25) is 5.02 Å². The molecule has 0 aliphatic rings.